The van der Waals surface area contributed by atoms with Gasteiger partial charge in [-0.25, -0.2) is 0 Å². The summed E-state index contributed by atoms with van der Waals surface area (Å²) >= 11 is 0. The van der Waals surface area contributed by atoms with Gasteiger partial charge in [-0.3, -0.25) is 0 Å². The minimum Gasteiger partial charge on any atom is -0.387 e. The van der Waals surface area contributed by atoms with Gasteiger partial charge in [0, 0.05) is 7.11 Å². The first-order valence-electron chi connectivity index (χ1n) is 4.69. The van der Waals surface area contributed by atoms with E-state index in [1.807, 2.05) is 0 Å². The normalized spacial score (nSPS) is 27.0. The minimum absolute atomic E-state index is 0.417. The van der Waals surface area contributed by atoms with Gasteiger partial charge in [0.2, 0.25) is 0 Å². The second-order valence-electron chi connectivity index (χ2n) is 4.82. The highest BCUT2D eigenvalue weighted by atomic mass is 16.5. The molecular formula is C10H20O2. The molecule has 1 N–H and O–H groups in total. The SMILES string of the molecule is COCC1(O)CCC(C)(C)CC1. The average Bonchev–Trinajstić information content (AvgIpc) is 1.98. The molecule has 0 radical (unpaired) electrons. The van der Waals surface area contributed by atoms with Crippen molar-refractivity contribution in [3.05, 3.63) is 0 Å². The zero-order chi connectivity index (χ0) is 9.24. The third-order valence-corrected chi connectivity index (χ3v) is 2.95. The van der Waals surface area contributed by atoms with Gasteiger partial charge in [0.25, 0.3) is 0 Å². The Bertz CT molecular complexity index is 142. The Morgan fingerprint density at radius 3 is 2.08 bits per heavy atom. The van der Waals surface area contributed by atoms with E-state index in [1.165, 1.54) is 0 Å². The van der Waals surface area contributed by atoms with Crippen LogP contribution in [-0.4, -0.2) is 24.4 Å². The molecule has 1 rings (SSSR count). The van der Waals surface area contributed by atoms with Gasteiger partial charge in [-0.05, 0) is 31.1 Å². The lowest BCUT2D eigenvalue weighted by atomic mass is 9.71. The van der Waals surface area contributed by atoms with Gasteiger partial charge in [0.15, 0.2) is 0 Å². The summed E-state index contributed by atoms with van der Waals surface area (Å²) in [5.41, 5.74) is -0.121. The van der Waals surface area contributed by atoms with Gasteiger partial charge >= 0.3 is 0 Å². The molecule has 2 heteroatoms. The number of aliphatic hydroxyl groups is 1. The highest BCUT2D eigenvalue weighted by Gasteiger charge is 2.36. The molecule has 1 fully saturated rings. The van der Waals surface area contributed by atoms with E-state index in [0.29, 0.717) is 12.0 Å². The number of hydrogen-bond acceptors (Lipinski definition) is 2. The first kappa shape index (κ1) is 10.0. The molecule has 0 aliphatic heterocycles. The van der Waals surface area contributed by atoms with Crippen LogP contribution < -0.4 is 0 Å². The van der Waals surface area contributed by atoms with Gasteiger partial charge in [-0.1, -0.05) is 13.8 Å². The summed E-state index contributed by atoms with van der Waals surface area (Å²) in [7, 11) is 1.65. The van der Waals surface area contributed by atoms with E-state index in [1.54, 1.807) is 7.11 Å². The van der Waals surface area contributed by atoms with E-state index >= 15 is 0 Å². The second-order valence-corrected chi connectivity index (χ2v) is 4.82. The molecule has 1 saturated carbocycles. The van der Waals surface area contributed by atoms with Gasteiger partial charge < -0.3 is 9.84 Å². The third-order valence-electron chi connectivity index (χ3n) is 2.95. The smallest absolute Gasteiger partial charge is 0.0880 e. The van der Waals surface area contributed by atoms with Crippen LogP contribution in [0.4, 0.5) is 0 Å². The molecule has 0 aromatic carbocycles. The lowest BCUT2D eigenvalue weighted by Crippen LogP contribution is -2.40. The van der Waals surface area contributed by atoms with E-state index in [-0.39, 0.29) is 0 Å². The van der Waals surface area contributed by atoms with Crippen LogP contribution in [0.25, 0.3) is 0 Å². The highest BCUT2D eigenvalue weighted by Crippen LogP contribution is 2.40. The van der Waals surface area contributed by atoms with Crippen LogP contribution in [-0.2, 0) is 4.74 Å². The van der Waals surface area contributed by atoms with Crippen molar-refractivity contribution in [1.82, 2.24) is 0 Å². The van der Waals surface area contributed by atoms with Crippen LogP contribution >= 0.6 is 0 Å². The molecule has 0 saturated heterocycles. The van der Waals surface area contributed by atoms with E-state index in [9.17, 15) is 5.11 Å². The molecule has 0 amide bonds. The van der Waals surface area contributed by atoms with Crippen molar-refractivity contribution >= 4 is 0 Å². The van der Waals surface area contributed by atoms with Gasteiger partial charge in [-0.2, -0.15) is 0 Å². The Hall–Kier alpha value is -0.0800. The summed E-state index contributed by atoms with van der Waals surface area (Å²) in [5, 5.41) is 9.98. The van der Waals surface area contributed by atoms with Gasteiger partial charge in [0.05, 0.1) is 12.2 Å². The molecule has 12 heavy (non-hydrogen) atoms. The van der Waals surface area contributed by atoms with Crippen LogP contribution in [0.2, 0.25) is 0 Å². The van der Waals surface area contributed by atoms with E-state index in [4.69, 9.17) is 4.74 Å². The number of methoxy groups -OCH3 is 1. The highest BCUT2D eigenvalue weighted by molar-refractivity contribution is 4.88. The molecule has 0 bridgehead atoms. The van der Waals surface area contributed by atoms with Crippen molar-refractivity contribution in [2.75, 3.05) is 13.7 Å². The first-order valence-corrected chi connectivity index (χ1v) is 4.69. The van der Waals surface area contributed by atoms with Crippen molar-refractivity contribution in [2.24, 2.45) is 5.41 Å². The molecule has 1 aliphatic carbocycles. The molecule has 1 aliphatic rings. The van der Waals surface area contributed by atoms with Crippen molar-refractivity contribution in [2.45, 2.75) is 45.1 Å². The Morgan fingerprint density at radius 2 is 1.67 bits per heavy atom. The summed E-state index contributed by atoms with van der Waals surface area (Å²) in [6.07, 6.45) is 3.97. The van der Waals surface area contributed by atoms with Crippen LogP contribution in [0.3, 0.4) is 0 Å². The summed E-state index contributed by atoms with van der Waals surface area (Å²) in [5.74, 6) is 0. The van der Waals surface area contributed by atoms with Crippen LogP contribution in [0.15, 0.2) is 0 Å². The first-order chi connectivity index (χ1) is 5.47. The Kier molecular flexibility index (Phi) is 2.79. The second kappa shape index (κ2) is 3.35. The number of hydrogen-bond donors (Lipinski definition) is 1. The predicted octanol–water partition coefficient (Wildman–Crippen LogP) is 1.96. The van der Waals surface area contributed by atoms with Gasteiger partial charge in [-0.15, -0.1) is 0 Å². The molecule has 0 atom stereocenters. The molecule has 0 heterocycles. The standard InChI is InChI=1S/C10H20O2/c1-9(2)4-6-10(11,7-5-9)8-12-3/h11H,4-8H2,1-3H3. The summed E-state index contributed by atoms with van der Waals surface area (Å²) in [6, 6.07) is 0. The molecule has 0 aromatic heterocycles. The summed E-state index contributed by atoms with van der Waals surface area (Å²) in [6.45, 7) is 5.02. The number of ether oxygens (including phenoxy) is 1. The van der Waals surface area contributed by atoms with Crippen LogP contribution in [0.5, 0.6) is 0 Å². The lowest BCUT2D eigenvalue weighted by molar-refractivity contribution is -0.0745. The largest absolute Gasteiger partial charge is 0.387 e. The molecule has 72 valence electrons. The van der Waals surface area contributed by atoms with Crippen molar-refractivity contribution in [1.29, 1.82) is 0 Å². The Labute approximate surface area is 74.9 Å². The van der Waals surface area contributed by atoms with Crippen molar-refractivity contribution in [3.63, 3.8) is 0 Å². The fourth-order valence-corrected chi connectivity index (χ4v) is 1.81. The maximum atomic E-state index is 9.98. The molecule has 2 nitrogen and oxygen atoms in total. The average molecular weight is 172 g/mol. The topological polar surface area (TPSA) is 29.5 Å². The molecular weight excluding hydrogens is 152 g/mol. The van der Waals surface area contributed by atoms with Gasteiger partial charge in [0.1, 0.15) is 0 Å². The molecule has 0 spiro atoms. The molecule has 0 aromatic rings. The maximum Gasteiger partial charge on any atom is 0.0880 e. The van der Waals surface area contributed by atoms with Crippen molar-refractivity contribution in [3.8, 4) is 0 Å². The van der Waals surface area contributed by atoms with E-state index < -0.39 is 5.60 Å². The fraction of sp³-hybridized carbons (Fsp3) is 1.00. The predicted molar refractivity (Wildman–Crippen MR) is 49.1 cm³/mol. The lowest BCUT2D eigenvalue weighted by Gasteiger charge is -2.39. The van der Waals surface area contributed by atoms with E-state index in [0.717, 1.165) is 25.7 Å². The Morgan fingerprint density at radius 1 is 1.17 bits per heavy atom. The summed E-state index contributed by atoms with van der Waals surface area (Å²) in [4.78, 5) is 0. The number of rotatable bonds is 2. The van der Waals surface area contributed by atoms with E-state index in [2.05, 4.69) is 13.8 Å². The zero-order valence-electron chi connectivity index (χ0n) is 8.39. The van der Waals surface area contributed by atoms with Crippen LogP contribution in [0, 0.1) is 5.41 Å². The quantitative estimate of drug-likeness (QED) is 0.690. The maximum absolute atomic E-state index is 9.98. The van der Waals surface area contributed by atoms with Crippen molar-refractivity contribution < 1.29 is 9.84 Å². The monoisotopic (exact) mass is 172 g/mol. The minimum atomic E-state index is -0.537. The zero-order valence-corrected chi connectivity index (χ0v) is 8.39. The fourth-order valence-electron chi connectivity index (χ4n) is 1.81. The summed E-state index contributed by atoms with van der Waals surface area (Å²) < 4.78 is 5.00. The molecule has 0 unspecified atom stereocenters. The third kappa shape index (κ3) is 2.46. The Balaban J connectivity index is 2.44. The van der Waals surface area contributed by atoms with Crippen LogP contribution in [0.1, 0.15) is 39.5 Å².